The van der Waals surface area contributed by atoms with Gasteiger partial charge >= 0.3 is 0 Å². The van der Waals surface area contributed by atoms with Gasteiger partial charge in [0.1, 0.15) is 5.58 Å². The van der Waals surface area contributed by atoms with Crippen molar-refractivity contribution in [2.75, 3.05) is 0 Å². The van der Waals surface area contributed by atoms with Crippen LogP contribution in [0, 0.1) is 0 Å². The van der Waals surface area contributed by atoms with Crippen LogP contribution in [0.4, 0.5) is 0 Å². The predicted octanol–water partition coefficient (Wildman–Crippen LogP) is 13.6. The molecule has 0 radical (unpaired) electrons. The lowest BCUT2D eigenvalue weighted by molar-refractivity contribution is 0.645. The van der Waals surface area contributed by atoms with Crippen molar-refractivity contribution in [1.82, 2.24) is 9.13 Å². The Morgan fingerprint density at radius 2 is 0.849 bits per heavy atom. The minimum atomic E-state index is 0.867. The summed E-state index contributed by atoms with van der Waals surface area (Å²) in [7, 11) is 0. The second-order valence-corrected chi connectivity index (χ2v) is 13.7. The van der Waals surface area contributed by atoms with Crippen molar-refractivity contribution in [3.05, 3.63) is 194 Å². The third kappa shape index (κ3) is 4.61. The molecule has 0 aliphatic carbocycles. The summed E-state index contributed by atoms with van der Waals surface area (Å²) in [6, 6.07) is 69.6. The first-order chi connectivity index (χ1) is 26.3. The molecule has 53 heavy (non-hydrogen) atoms. The number of nitrogens with zero attached hydrogens (tertiary/aromatic N) is 2. The molecule has 3 aromatic heterocycles. The van der Waals surface area contributed by atoms with Crippen molar-refractivity contribution in [3.63, 3.8) is 0 Å². The monoisotopic (exact) mass is 676 g/mol. The Morgan fingerprint density at radius 1 is 0.321 bits per heavy atom. The molecule has 248 valence electrons. The molecule has 0 aliphatic heterocycles. The molecular weight excluding hydrogens is 645 g/mol. The number of benzene rings is 8. The van der Waals surface area contributed by atoms with E-state index in [9.17, 15) is 0 Å². The van der Waals surface area contributed by atoms with Crippen molar-refractivity contribution in [3.8, 4) is 44.8 Å². The third-order valence-corrected chi connectivity index (χ3v) is 10.7. The van der Waals surface area contributed by atoms with E-state index in [0.29, 0.717) is 0 Å². The van der Waals surface area contributed by atoms with Crippen LogP contribution in [0.2, 0.25) is 0 Å². The van der Waals surface area contributed by atoms with Gasteiger partial charge in [-0.25, -0.2) is 0 Å². The van der Waals surface area contributed by atoms with Gasteiger partial charge in [0.15, 0.2) is 0 Å². The number of fused-ring (bicyclic) bond motifs is 8. The molecule has 0 fully saturated rings. The summed E-state index contributed by atoms with van der Waals surface area (Å²) in [4.78, 5) is 0. The maximum atomic E-state index is 6.71. The molecule has 0 atom stereocenters. The number of hydrogen-bond acceptors (Lipinski definition) is 1. The molecule has 0 N–H and O–H groups in total. The molecule has 0 saturated heterocycles. The van der Waals surface area contributed by atoms with Gasteiger partial charge in [-0.3, -0.25) is 4.57 Å². The van der Waals surface area contributed by atoms with Crippen LogP contribution >= 0.6 is 0 Å². The Bertz CT molecular complexity index is 3030. The summed E-state index contributed by atoms with van der Waals surface area (Å²) in [5.41, 5.74) is 14.6. The molecular formula is C50H32N2O. The molecule has 3 heteroatoms. The van der Waals surface area contributed by atoms with E-state index in [-0.39, 0.29) is 0 Å². The normalized spacial score (nSPS) is 11.8. The molecule has 0 amide bonds. The van der Waals surface area contributed by atoms with Gasteiger partial charge in [0.2, 0.25) is 5.71 Å². The van der Waals surface area contributed by atoms with Crippen LogP contribution in [0.25, 0.3) is 99.5 Å². The van der Waals surface area contributed by atoms with Crippen LogP contribution in [0.1, 0.15) is 0 Å². The van der Waals surface area contributed by atoms with Crippen LogP contribution in [0.5, 0.6) is 0 Å². The average Bonchev–Trinajstić information content (AvgIpc) is 3.88. The Labute approximate surface area is 306 Å². The largest absolute Gasteiger partial charge is 0.439 e. The first kappa shape index (κ1) is 29.6. The number of aromatic nitrogens is 2. The molecule has 8 aromatic carbocycles. The molecule has 11 aromatic rings. The van der Waals surface area contributed by atoms with Gasteiger partial charge in [-0.2, -0.15) is 0 Å². The van der Waals surface area contributed by atoms with Gasteiger partial charge in [-0.15, -0.1) is 0 Å². The SMILES string of the molecule is c1ccc(-c2ccc3c(c2)c2cc(-c4ccccc4)ccc2n3-c2ccc(-c3cccc4oc5c(c6ccccc6n5-c5ccccc5)c34)cc2)cc1. The highest BCUT2D eigenvalue weighted by atomic mass is 16.3. The number of furan rings is 1. The summed E-state index contributed by atoms with van der Waals surface area (Å²) in [6.45, 7) is 0. The lowest BCUT2D eigenvalue weighted by Gasteiger charge is -2.11. The van der Waals surface area contributed by atoms with E-state index >= 15 is 0 Å². The van der Waals surface area contributed by atoms with E-state index in [1.165, 1.54) is 49.4 Å². The molecule has 0 unspecified atom stereocenters. The third-order valence-electron chi connectivity index (χ3n) is 10.7. The zero-order chi connectivity index (χ0) is 34.9. The van der Waals surface area contributed by atoms with Gasteiger partial charge < -0.3 is 8.98 Å². The Morgan fingerprint density at radius 3 is 1.49 bits per heavy atom. The van der Waals surface area contributed by atoms with E-state index in [2.05, 4.69) is 203 Å². The first-order valence-electron chi connectivity index (χ1n) is 18.1. The van der Waals surface area contributed by atoms with Crippen LogP contribution in [-0.2, 0) is 0 Å². The molecule has 3 nitrogen and oxygen atoms in total. The van der Waals surface area contributed by atoms with Gasteiger partial charge in [0.05, 0.1) is 21.9 Å². The molecule has 0 bridgehead atoms. The maximum Gasteiger partial charge on any atom is 0.213 e. The summed E-state index contributed by atoms with van der Waals surface area (Å²) in [5.74, 6) is 0. The van der Waals surface area contributed by atoms with Gasteiger partial charge in [0, 0.05) is 32.9 Å². The zero-order valence-electron chi connectivity index (χ0n) is 28.8. The van der Waals surface area contributed by atoms with Crippen molar-refractivity contribution in [2.24, 2.45) is 0 Å². The summed E-state index contributed by atoms with van der Waals surface area (Å²) >= 11 is 0. The highest BCUT2D eigenvalue weighted by molar-refractivity contribution is 6.23. The average molecular weight is 677 g/mol. The molecule has 0 spiro atoms. The number of para-hydroxylation sites is 2. The van der Waals surface area contributed by atoms with Crippen molar-refractivity contribution < 1.29 is 4.42 Å². The summed E-state index contributed by atoms with van der Waals surface area (Å²) in [6.07, 6.45) is 0. The quantitative estimate of drug-likeness (QED) is 0.178. The van der Waals surface area contributed by atoms with Crippen molar-refractivity contribution in [2.45, 2.75) is 0 Å². The highest BCUT2D eigenvalue weighted by Gasteiger charge is 2.22. The lowest BCUT2D eigenvalue weighted by Crippen LogP contribution is -1.94. The van der Waals surface area contributed by atoms with E-state index in [4.69, 9.17) is 4.42 Å². The zero-order valence-corrected chi connectivity index (χ0v) is 28.8. The topological polar surface area (TPSA) is 23.0 Å². The van der Waals surface area contributed by atoms with Gasteiger partial charge in [-0.1, -0.05) is 133 Å². The number of rotatable bonds is 5. The molecule has 0 saturated carbocycles. The van der Waals surface area contributed by atoms with E-state index in [1.807, 2.05) is 0 Å². The molecule has 11 rings (SSSR count). The second kappa shape index (κ2) is 11.7. The van der Waals surface area contributed by atoms with Gasteiger partial charge in [-0.05, 0) is 94.0 Å². The lowest BCUT2D eigenvalue weighted by atomic mass is 9.99. The maximum absolute atomic E-state index is 6.71. The number of hydrogen-bond donors (Lipinski definition) is 0. The Hall–Kier alpha value is -7.10. The smallest absolute Gasteiger partial charge is 0.213 e. The first-order valence-corrected chi connectivity index (χ1v) is 18.1. The van der Waals surface area contributed by atoms with Crippen LogP contribution in [0.3, 0.4) is 0 Å². The second-order valence-electron chi connectivity index (χ2n) is 13.7. The van der Waals surface area contributed by atoms with Crippen LogP contribution < -0.4 is 0 Å². The van der Waals surface area contributed by atoms with E-state index in [1.54, 1.807) is 0 Å². The van der Waals surface area contributed by atoms with Crippen LogP contribution in [-0.4, -0.2) is 9.13 Å². The fraction of sp³-hybridized carbons (Fsp3) is 0. The van der Waals surface area contributed by atoms with Gasteiger partial charge in [0.25, 0.3) is 0 Å². The summed E-state index contributed by atoms with van der Waals surface area (Å²) in [5, 5.41) is 5.95. The highest BCUT2D eigenvalue weighted by Crippen LogP contribution is 2.43. The standard InChI is InChI=1S/C50H32N2O/c1-4-13-33(14-5-1)36-25-29-45-42(31-36)43-32-37(34-15-6-2-7-16-34)26-30-46(43)51(45)39-27-23-35(24-28-39)40-20-12-22-47-48(40)49-41-19-10-11-21-44(41)52(50(49)53-47)38-17-8-3-9-18-38/h1-32H. The van der Waals surface area contributed by atoms with Crippen molar-refractivity contribution in [1.29, 1.82) is 0 Å². The van der Waals surface area contributed by atoms with Crippen molar-refractivity contribution >= 4 is 54.8 Å². The van der Waals surface area contributed by atoms with E-state index < -0.39 is 0 Å². The fourth-order valence-electron chi connectivity index (χ4n) is 8.32. The Balaban J connectivity index is 1.09. The Kier molecular flexibility index (Phi) is 6.55. The minimum Gasteiger partial charge on any atom is -0.439 e. The molecule has 0 aliphatic rings. The van der Waals surface area contributed by atoms with Crippen LogP contribution in [0.15, 0.2) is 199 Å². The fourth-order valence-corrected chi connectivity index (χ4v) is 8.32. The van der Waals surface area contributed by atoms with E-state index in [0.717, 1.165) is 50.1 Å². The molecule has 3 heterocycles. The summed E-state index contributed by atoms with van der Waals surface area (Å²) < 4.78 is 11.4. The minimum absolute atomic E-state index is 0.867. The predicted molar refractivity (Wildman–Crippen MR) is 221 cm³/mol.